The molecule has 0 atom stereocenters. The highest BCUT2D eigenvalue weighted by molar-refractivity contribution is 7.89. The maximum atomic E-state index is 12.8. The van der Waals surface area contributed by atoms with Gasteiger partial charge in [-0.25, -0.2) is 13.1 Å². The van der Waals surface area contributed by atoms with Gasteiger partial charge in [-0.3, -0.25) is 4.79 Å². The largest absolute Gasteiger partial charge is 0.374 e. The number of rotatable bonds is 8. The van der Waals surface area contributed by atoms with Gasteiger partial charge in [0, 0.05) is 11.7 Å². The lowest BCUT2D eigenvalue weighted by Crippen LogP contribution is -2.26. The molecule has 0 saturated heterocycles. The van der Waals surface area contributed by atoms with E-state index in [9.17, 15) is 13.2 Å². The highest BCUT2D eigenvalue weighted by Crippen LogP contribution is 2.31. The molecule has 2 N–H and O–H groups in total. The zero-order valence-corrected chi connectivity index (χ0v) is 18.4. The number of sulfonamides is 1. The van der Waals surface area contributed by atoms with Gasteiger partial charge in [0.15, 0.2) is 0 Å². The normalized spacial score (nSPS) is 14.2. The van der Waals surface area contributed by atoms with Gasteiger partial charge in [-0.2, -0.15) is 0 Å². The van der Waals surface area contributed by atoms with Crippen molar-refractivity contribution < 1.29 is 17.9 Å². The molecule has 29 heavy (non-hydrogen) atoms. The topological polar surface area (TPSA) is 84.5 Å². The van der Waals surface area contributed by atoms with Crippen LogP contribution in [0.25, 0.3) is 0 Å². The van der Waals surface area contributed by atoms with Crippen molar-refractivity contribution in [3.8, 4) is 0 Å². The first kappa shape index (κ1) is 22.1. The number of hydrogen-bond donors (Lipinski definition) is 2. The summed E-state index contributed by atoms with van der Waals surface area (Å²) in [4.78, 5) is 12.6. The van der Waals surface area contributed by atoms with Crippen molar-refractivity contribution >= 4 is 44.8 Å². The first-order chi connectivity index (χ1) is 13.7. The molecule has 1 amide bonds. The van der Waals surface area contributed by atoms with Gasteiger partial charge in [0.2, 0.25) is 10.0 Å². The van der Waals surface area contributed by atoms with E-state index in [4.69, 9.17) is 27.9 Å². The van der Waals surface area contributed by atoms with Crippen LogP contribution in [-0.2, 0) is 21.4 Å². The van der Waals surface area contributed by atoms with E-state index in [0.717, 1.165) is 18.4 Å². The number of benzene rings is 2. The molecule has 2 aromatic carbocycles. The zero-order valence-electron chi connectivity index (χ0n) is 16.0. The molecule has 9 heteroatoms. The van der Waals surface area contributed by atoms with Gasteiger partial charge >= 0.3 is 0 Å². The van der Waals surface area contributed by atoms with Crippen LogP contribution in [-0.4, -0.2) is 26.5 Å². The fourth-order valence-electron chi connectivity index (χ4n) is 2.59. The Morgan fingerprint density at radius 3 is 2.55 bits per heavy atom. The minimum Gasteiger partial charge on any atom is -0.374 e. The number of nitrogens with one attached hydrogen (secondary N) is 2. The van der Waals surface area contributed by atoms with Crippen molar-refractivity contribution in [2.24, 2.45) is 0 Å². The molecule has 1 saturated carbocycles. The maximum absolute atomic E-state index is 12.8. The number of anilines is 1. The van der Waals surface area contributed by atoms with E-state index in [2.05, 4.69) is 10.0 Å². The standard InChI is InChI=1S/C20H22Cl2N2O4S/c1-12(2)28-11-13-4-3-5-15(8-13)23-20(25)16-9-19(18(22)10-17(16)21)29(26,27)24-14-6-7-14/h3-5,8-10,12,14,24H,6-7,11H2,1-2H3,(H,23,25). The van der Waals surface area contributed by atoms with Crippen molar-refractivity contribution in [1.29, 1.82) is 0 Å². The van der Waals surface area contributed by atoms with Crippen LogP contribution in [0.1, 0.15) is 42.6 Å². The predicted octanol–water partition coefficient (Wildman–Crippen LogP) is 4.61. The second kappa shape index (κ2) is 9.02. The monoisotopic (exact) mass is 456 g/mol. The van der Waals surface area contributed by atoms with Gasteiger partial charge < -0.3 is 10.1 Å². The van der Waals surface area contributed by atoms with E-state index in [1.165, 1.54) is 12.1 Å². The van der Waals surface area contributed by atoms with Crippen LogP contribution in [0.4, 0.5) is 5.69 Å². The molecule has 1 aliphatic carbocycles. The van der Waals surface area contributed by atoms with Crippen LogP contribution in [0.2, 0.25) is 10.0 Å². The molecule has 2 aromatic rings. The van der Waals surface area contributed by atoms with Crippen LogP contribution in [0, 0.1) is 0 Å². The molecule has 0 spiro atoms. The van der Waals surface area contributed by atoms with E-state index in [0.29, 0.717) is 12.3 Å². The molecule has 0 aliphatic heterocycles. The summed E-state index contributed by atoms with van der Waals surface area (Å²) in [6.07, 6.45) is 1.66. The number of ether oxygens (including phenoxy) is 1. The van der Waals surface area contributed by atoms with Gasteiger partial charge in [-0.1, -0.05) is 35.3 Å². The Morgan fingerprint density at radius 1 is 1.17 bits per heavy atom. The Labute approximate surface area is 180 Å². The average molecular weight is 457 g/mol. The van der Waals surface area contributed by atoms with Crippen molar-refractivity contribution in [2.45, 2.75) is 50.3 Å². The lowest BCUT2D eigenvalue weighted by molar-refractivity contribution is 0.0657. The van der Waals surface area contributed by atoms with E-state index in [-0.39, 0.29) is 32.7 Å². The van der Waals surface area contributed by atoms with E-state index in [1.807, 2.05) is 19.9 Å². The van der Waals surface area contributed by atoms with Crippen molar-refractivity contribution in [2.75, 3.05) is 5.32 Å². The Balaban J connectivity index is 1.82. The fraction of sp³-hybridized carbons (Fsp3) is 0.350. The number of carbonyl (C=O) groups is 1. The molecule has 1 aliphatic rings. The second-order valence-corrected chi connectivity index (χ2v) is 9.67. The highest BCUT2D eigenvalue weighted by atomic mass is 35.5. The third-order valence-corrected chi connectivity index (χ3v) is 6.52. The molecular weight excluding hydrogens is 435 g/mol. The Kier molecular flexibility index (Phi) is 6.86. The molecule has 1 fully saturated rings. The summed E-state index contributed by atoms with van der Waals surface area (Å²) in [5, 5.41) is 2.77. The van der Waals surface area contributed by atoms with Crippen molar-refractivity contribution in [1.82, 2.24) is 4.72 Å². The van der Waals surface area contributed by atoms with Crippen LogP contribution in [0.3, 0.4) is 0 Å². The van der Waals surface area contributed by atoms with Gasteiger partial charge in [0.25, 0.3) is 5.91 Å². The Morgan fingerprint density at radius 2 is 1.90 bits per heavy atom. The Hall–Kier alpha value is -1.64. The van der Waals surface area contributed by atoms with Crippen molar-refractivity contribution in [3.63, 3.8) is 0 Å². The van der Waals surface area contributed by atoms with Gasteiger partial charge in [-0.05, 0) is 56.5 Å². The molecular formula is C20H22Cl2N2O4S. The first-order valence-electron chi connectivity index (χ1n) is 9.19. The lowest BCUT2D eigenvalue weighted by atomic mass is 10.1. The SMILES string of the molecule is CC(C)OCc1cccc(NC(=O)c2cc(S(=O)(=O)NC3CC3)c(Cl)cc2Cl)c1. The van der Waals surface area contributed by atoms with E-state index >= 15 is 0 Å². The molecule has 0 aromatic heterocycles. The summed E-state index contributed by atoms with van der Waals surface area (Å²) in [6, 6.07) is 9.60. The van der Waals surface area contributed by atoms with Crippen LogP contribution < -0.4 is 10.0 Å². The second-order valence-electron chi connectivity index (χ2n) is 7.17. The average Bonchev–Trinajstić information content (AvgIpc) is 3.43. The third-order valence-electron chi connectivity index (χ3n) is 4.22. The summed E-state index contributed by atoms with van der Waals surface area (Å²) in [5.41, 5.74) is 1.47. The minimum atomic E-state index is -3.83. The minimum absolute atomic E-state index is 0.0241. The van der Waals surface area contributed by atoms with E-state index < -0.39 is 15.9 Å². The highest BCUT2D eigenvalue weighted by Gasteiger charge is 2.30. The molecule has 0 radical (unpaired) electrons. The van der Waals surface area contributed by atoms with Crippen molar-refractivity contribution in [3.05, 3.63) is 57.6 Å². The maximum Gasteiger partial charge on any atom is 0.257 e. The van der Waals surface area contributed by atoms with Crippen LogP contribution in [0.5, 0.6) is 0 Å². The van der Waals surface area contributed by atoms with Crippen LogP contribution >= 0.6 is 23.2 Å². The molecule has 3 rings (SSSR count). The number of amides is 1. The molecule has 0 bridgehead atoms. The molecule has 0 heterocycles. The first-order valence-corrected chi connectivity index (χ1v) is 11.4. The number of carbonyl (C=O) groups excluding carboxylic acids is 1. The van der Waals surface area contributed by atoms with Gasteiger partial charge in [0.1, 0.15) is 4.90 Å². The quantitative estimate of drug-likeness (QED) is 0.606. The lowest BCUT2D eigenvalue weighted by Gasteiger charge is -2.13. The number of hydrogen-bond acceptors (Lipinski definition) is 4. The summed E-state index contributed by atoms with van der Waals surface area (Å²) in [6.45, 7) is 4.30. The fourth-order valence-corrected chi connectivity index (χ4v) is 4.76. The van der Waals surface area contributed by atoms with E-state index in [1.54, 1.807) is 18.2 Å². The van der Waals surface area contributed by atoms with Gasteiger partial charge in [-0.15, -0.1) is 0 Å². The van der Waals surface area contributed by atoms with Gasteiger partial charge in [0.05, 0.1) is 28.3 Å². The molecule has 0 unspecified atom stereocenters. The third kappa shape index (κ3) is 5.93. The molecule has 6 nitrogen and oxygen atoms in total. The summed E-state index contributed by atoms with van der Waals surface area (Å²) >= 11 is 12.3. The summed E-state index contributed by atoms with van der Waals surface area (Å²) in [7, 11) is -3.83. The molecule has 156 valence electrons. The number of halogens is 2. The zero-order chi connectivity index (χ0) is 21.2. The summed E-state index contributed by atoms with van der Waals surface area (Å²) < 4.78 is 33.2. The van der Waals surface area contributed by atoms with Crippen LogP contribution in [0.15, 0.2) is 41.3 Å². The Bertz CT molecular complexity index is 1020. The smallest absolute Gasteiger partial charge is 0.257 e. The summed E-state index contributed by atoms with van der Waals surface area (Å²) in [5.74, 6) is -0.531. The predicted molar refractivity (Wildman–Crippen MR) is 114 cm³/mol.